The summed E-state index contributed by atoms with van der Waals surface area (Å²) in [4.78, 5) is 4.31. The number of nitrogens with two attached hydrogens (primary N) is 1. The molecular weight excluding hydrogens is 375 g/mol. The molecule has 2 aromatic carbocycles. The molecule has 0 radical (unpaired) electrons. The maximum atomic E-state index is 13.4. The predicted molar refractivity (Wildman–Crippen MR) is 112 cm³/mol. The van der Waals surface area contributed by atoms with Gasteiger partial charge in [0.25, 0.3) is 0 Å². The molecule has 2 aliphatic rings. The van der Waals surface area contributed by atoms with E-state index < -0.39 is 0 Å². The second-order valence-electron chi connectivity index (χ2n) is 8.05. The molecule has 0 aromatic heterocycles. The van der Waals surface area contributed by atoms with Crippen molar-refractivity contribution in [1.82, 2.24) is 0 Å². The lowest BCUT2D eigenvalue weighted by Crippen LogP contribution is -2.47. The Balaban J connectivity index is 1.48. The van der Waals surface area contributed by atoms with Crippen molar-refractivity contribution in [3.8, 4) is 5.75 Å². The van der Waals surface area contributed by atoms with Crippen molar-refractivity contribution in [2.45, 2.75) is 63.1 Å². The van der Waals surface area contributed by atoms with Crippen molar-refractivity contribution >= 4 is 17.8 Å². The summed E-state index contributed by atoms with van der Waals surface area (Å²) in [7, 11) is 0. The van der Waals surface area contributed by atoms with Crippen LogP contribution in [0.3, 0.4) is 0 Å². The van der Waals surface area contributed by atoms with E-state index in [0.29, 0.717) is 11.6 Å². The number of hydrogen-bond donors (Lipinski definition) is 1. The smallest absolute Gasteiger partial charge is 0.138 e. The third kappa shape index (κ3) is 3.68. The fourth-order valence-electron chi connectivity index (χ4n) is 4.58. The minimum absolute atomic E-state index is 0.00877. The van der Waals surface area contributed by atoms with Gasteiger partial charge in [0, 0.05) is 24.1 Å². The lowest BCUT2D eigenvalue weighted by Gasteiger charge is -2.43. The van der Waals surface area contributed by atoms with Crippen LogP contribution in [0.5, 0.6) is 5.75 Å². The summed E-state index contributed by atoms with van der Waals surface area (Å²) in [5.41, 5.74) is 9.80. The number of benzene rings is 2. The predicted octanol–water partition coefficient (Wildman–Crippen LogP) is 5.21. The van der Waals surface area contributed by atoms with Crippen LogP contribution in [-0.2, 0) is 18.4 Å². The first-order valence-electron chi connectivity index (χ1n) is 9.96. The number of fused-ring (bicyclic) bond motifs is 1. The molecule has 4 rings (SSSR count). The normalized spacial score (nSPS) is 25.2. The van der Waals surface area contributed by atoms with E-state index in [2.05, 4.69) is 11.1 Å². The molecule has 0 amide bonds. The number of aliphatic imine (C=N–C) groups is 1. The first-order valence-corrected chi connectivity index (χ1v) is 10.3. The molecule has 2 aromatic rings. The summed E-state index contributed by atoms with van der Waals surface area (Å²) in [6, 6.07) is 10.8. The first-order chi connectivity index (χ1) is 13.5. The van der Waals surface area contributed by atoms with Gasteiger partial charge >= 0.3 is 0 Å². The van der Waals surface area contributed by atoms with Crippen molar-refractivity contribution in [3.63, 3.8) is 0 Å². The topological polar surface area (TPSA) is 47.6 Å². The highest BCUT2D eigenvalue weighted by molar-refractivity contribution is 6.32. The molecular formula is C23H26ClFN2O. The zero-order valence-electron chi connectivity index (χ0n) is 16.1. The zero-order valence-corrected chi connectivity index (χ0v) is 16.9. The molecule has 0 bridgehead atoms. The second-order valence-corrected chi connectivity index (χ2v) is 8.45. The highest BCUT2D eigenvalue weighted by Gasteiger charge is 2.40. The molecule has 1 aliphatic carbocycles. The van der Waals surface area contributed by atoms with Crippen LogP contribution in [0.25, 0.3) is 0 Å². The molecule has 0 spiro atoms. The van der Waals surface area contributed by atoms with Crippen LogP contribution in [0.15, 0.2) is 41.4 Å². The summed E-state index contributed by atoms with van der Waals surface area (Å²) < 4.78 is 19.7. The van der Waals surface area contributed by atoms with Crippen LogP contribution < -0.4 is 10.5 Å². The zero-order chi connectivity index (χ0) is 19.7. The van der Waals surface area contributed by atoms with Crippen LogP contribution in [0.4, 0.5) is 4.39 Å². The summed E-state index contributed by atoms with van der Waals surface area (Å²) >= 11 is 6.47. The molecule has 0 saturated heterocycles. The molecule has 3 nitrogen and oxygen atoms in total. The Morgan fingerprint density at radius 3 is 2.57 bits per heavy atom. The van der Waals surface area contributed by atoms with Crippen LogP contribution in [0, 0.1) is 5.82 Å². The molecule has 1 fully saturated rings. The molecule has 1 atom stereocenters. The molecule has 1 aliphatic heterocycles. The maximum Gasteiger partial charge on any atom is 0.138 e. The van der Waals surface area contributed by atoms with Gasteiger partial charge in [-0.25, -0.2) is 4.39 Å². The number of nitrogens with zero attached hydrogens (tertiary/aromatic N) is 1. The SMILES string of the molecule is CC(N)C1(c2ccc(F)cc2)CCC(Oc2cc3c(cc2Cl)CN=CC3)CC1. The summed E-state index contributed by atoms with van der Waals surface area (Å²) in [5, 5.41) is 0.651. The van der Waals surface area contributed by atoms with Crippen LogP contribution in [0.1, 0.15) is 49.3 Å². The second kappa shape index (κ2) is 7.84. The van der Waals surface area contributed by atoms with Gasteiger partial charge in [-0.05, 0) is 73.6 Å². The molecule has 1 unspecified atom stereocenters. The van der Waals surface area contributed by atoms with Crippen molar-refractivity contribution in [1.29, 1.82) is 0 Å². The van der Waals surface area contributed by atoms with E-state index >= 15 is 0 Å². The quantitative estimate of drug-likeness (QED) is 0.765. The van der Waals surface area contributed by atoms with Crippen molar-refractivity contribution < 1.29 is 9.13 Å². The van der Waals surface area contributed by atoms with Gasteiger partial charge in [0.1, 0.15) is 11.6 Å². The molecule has 1 heterocycles. The third-order valence-corrected chi connectivity index (χ3v) is 6.66. The lowest BCUT2D eigenvalue weighted by molar-refractivity contribution is 0.107. The van der Waals surface area contributed by atoms with Gasteiger partial charge < -0.3 is 10.5 Å². The monoisotopic (exact) mass is 400 g/mol. The first kappa shape index (κ1) is 19.4. The van der Waals surface area contributed by atoms with Gasteiger partial charge in [0.05, 0.1) is 17.7 Å². The number of hydrogen-bond acceptors (Lipinski definition) is 3. The Morgan fingerprint density at radius 1 is 1.18 bits per heavy atom. The van der Waals surface area contributed by atoms with Crippen molar-refractivity contribution in [3.05, 3.63) is 63.9 Å². The number of halogens is 2. The van der Waals surface area contributed by atoms with E-state index in [1.165, 1.54) is 23.3 Å². The van der Waals surface area contributed by atoms with E-state index in [1.807, 2.05) is 31.3 Å². The highest BCUT2D eigenvalue weighted by Crippen LogP contribution is 2.43. The molecule has 2 N–H and O–H groups in total. The van der Waals surface area contributed by atoms with E-state index in [1.54, 1.807) is 0 Å². The van der Waals surface area contributed by atoms with E-state index in [0.717, 1.165) is 43.4 Å². The Morgan fingerprint density at radius 2 is 1.89 bits per heavy atom. The molecule has 148 valence electrons. The van der Waals surface area contributed by atoms with E-state index in [-0.39, 0.29) is 23.4 Å². The number of ether oxygens (including phenoxy) is 1. The molecule has 28 heavy (non-hydrogen) atoms. The van der Waals surface area contributed by atoms with E-state index in [9.17, 15) is 4.39 Å². The standard InChI is InChI=1S/C23H26ClFN2O/c1-15(26)23(18-2-4-19(25)5-3-18)9-6-20(7-10-23)28-22-13-16-8-11-27-14-17(16)12-21(22)24/h2-5,11-13,15,20H,6-10,14,26H2,1H3. The number of rotatable bonds is 4. The Kier molecular flexibility index (Phi) is 5.44. The van der Waals surface area contributed by atoms with E-state index in [4.69, 9.17) is 22.1 Å². The average molecular weight is 401 g/mol. The van der Waals surface area contributed by atoms with Crippen LogP contribution in [-0.4, -0.2) is 18.4 Å². The Hall–Kier alpha value is -1.91. The van der Waals surface area contributed by atoms with Crippen LogP contribution in [0.2, 0.25) is 5.02 Å². The van der Waals surface area contributed by atoms with Gasteiger partial charge in [-0.15, -0.1) is 0 Å². The Labute approximate surface area is 170 Å². The lowest BCUT2D eigenvalue weighted by atomic mass is 9.65. The largest absolute Gasteiger partial charge is 0.489 e. The third-order valence-electron chi connectivity index (χ3n) is 6.37. The van der Waals surface area contributed by atoms with Crippen molar-refractivity contribution in [2.75, 3.05) is 0 Å². The minimum Gasteiger partial charge on any atom is -0.489 e. The summed E-state index contributed by atoms with van der Waals surface area (Å²) in [6.45, 7) is 2.74. The molecule has 1 saturated carbocycles. The van der Waals surface area contributed by atoms with Crippen LogP contribution >= 0.6 is 11.6 Å². The van der Waals surface area contributed by atoms with Gasteiger partial charge in [-0.1, -0.05) is 23.7 Å². The van der Waals surface area contributed by atoms with Gasteiger partial charge in [0.15, 0.2) is 0 Å². The fourth-order valence-corrected chi connectivity index (χ4v) is 4.81. The Bertz CT molecular complexity index is 871. The van der Waals surface area contributed by atoms with Gasteiger partial charge in [-0.2, -0.15) is 0 Å². The minimum atomic E-state index is -0.215. The molecule has 5 heteroatoms. The van der Waals surface area contributed by atoms with Gasteiger partial charge in [0.2, 0.25) is 0 Å². The average Bonchev–Trinajstić information content (AvgIpc) is 2.70. The van der Waals surface area contributed by atoms with Gasteiger partial charge in [-0.3, -0.25) is 4.99 Å². The maximum absolute atomic E-state index is 13.4. The highest BCUT2D eigenvalue weighted by atomic mass is 35.5. The summed E-state index contributed by atoms with van der Waals surface area (Å²) in [5.74, 6) is 0.545. The van der Waals surface area contributed by atoms with Crippen molar-refractivity contribution in [2.24, 2.45) is 10.7 Å². The summed E-state index contributed by atoms with van der Waals surface area (Å²) in [6.07, 6.45) is 6.50. The fraction of sp³-hybridized carbons (Fsp3) is 0.435.